The fraction of sp³-hybridized carbons (Fsp3) is 0. The average Bonchev–Trinajstić information content (AvgIpc) is 2.66. The third kappa shape index (κ3) is 2.14. The van der Waals surface area contributed by atoms with E-state index in [-0.39, 0.29) is 5.69 Å². The number of primary amides is 1. The minimum atomic E-state index is -0.563. The van der Waals surface area contributed by atoms with Gasteiger partial charge in [0.1, 0.15) is 5.69 Å². The Balaban J connectivity index is 2.46. The topological polar surface area (TPSA) is 73.8 Å². The van der Waals surface area contributed by atoms with Crippen molar-refractivity contribution in [3.63, 3.8) is 0 Å². The minimum absolute atomic E-state index is 0.205. The Morgan fingerprint density at radius 2 is 2.19 bits per heavy atom. The van der Waals surface area contributed by atoms with Gasteiger partial charge in [-0.2, -0.15) is 5.10 Å². The SMILES string of the molecule is NC(=O)c1ccn(-c2ncc(Br)cc2Br)n1. The lowest BCUT2D eigenvalue weighted by Gasteiger charge is -2.02. The highest BCUT2D eigenvalue weighted by molar-refractivity contribution is 9.11. The predicted octanol–water partition coefficient (Wildman–Crippen LogP) is 1.89. The minimum Gasteiger partial charge on any atom is -0.364 e. The fourth-order valence-electron chi connectivity index (χ4n) is 1.15. The molecule has 16 heavy (non-hydrogen) atoms. The van der Waals surface area contributed by atoms with Crippen LogP contribution in [0, 0.1) is 0 Å². The van der Waals surface area contributed by atoms with E-state index in [9.17, 15) is 4.79 Å². The molecule has 0 bridgehead atoms. The van der Waals surface area contributed by atoms with Crippen LogP contribution in [0.2, 0.25) is 0 Å². The van der Waals surface area contributed by atoms with Crippen molar-refractivity contribution in [2.24, 2.45) is 5.73 Å². The molecule has 2 rings (SSSR count). The van der Waals surface area contributed by atoms with E-state index < -0.39 is 5.91 Å². The Morgan fingerprint density at radius 3 is 2.75 bits per heavy atom. The monoisotopic (exact) mass is 344 g/mol. The van der Waals surface area contributed by atoms with E-state index in [0.717, 1.165) is 8.95 Å². The van der Waals surface area contributed by atoms with Gasteiger partial charge in [-0.25, -0.2) is 9.67 Å². The van der Waals surface area contributed by atoms with E-state index in [1.165, 1.54) is 4.68 Å². The molecule has 0 aliphatic carbocycles. The number of nitrogens with zero attached hydrogens (tertiary/aromatic N) is 3. The molecule has 5 nitrogen and oxygen atoms in total. The summed E-state index contributed by atoms with van der Waals surface area (Å²) in [6, 6.07) is 3.38. The van der Waals surface area contributed by atoms with Gasteiger partial charge in [0.2, 0.25) is 0 Å². The van der Waals surface area contributed by atoms with Gasteiger partial charge in [0.25, 0.3) is 5.91 Å². The molecule has 0 spiro atoms. The van der Waals surface area contributed by atoms with E-state index in [2.05, 4.69) is 41.9 Å². The third-order valence-corrected chi connectivity index (χ3v) is 2.86. The zero-order chi connectivity index (χ0) is 11.7. The zero-order valence-corrected chi connectivity index (χ0v) is 11.1. The van der Waals surface area contributed by atoms with Gasteiger partial charge in [0.05, 0.1) is 4.47 Å². The van der Waals surface area contributed by atoms with Gasteiger partial charge in [-0.05, 0) is 44.0 Å². The number of carbonyl (C=O) groups excluding carboxylic acids is 1. The number of nitrogens with two attached hydrogens (primary N) is 1. The lowest BCUT2D eigenvalue weighted by atomic mass is 10.4. The number of carbonyl (C=O) groups is 1. The van der Waals surface area contributed by atoms with Crippen LogP contribution in [0.25, 0.3) is 5.82 Å². The summed E-state index contributed by atoms with van der Waals surface area (Å²) in [7, 11) is 0. The van der Waals surface area contributed by atoms with Crippen LogP contribution >= 0.6 is 31.9 Å². The summed E-state index contributed by atoms with van der Waals surface area (Å²) >= 11 is 6.66. The molecule has 2 aromatic rings. The summed E-state index contributed by atoms with van der Waals surface area (Å²) in [5.41, 5.74) is 5.32. The van der Waals surface area contributed by atoms with Gasteiger partial charge in [-0.15, -0.1) is 0 Å². The summed E-state index contributed by atoms with van der Waals surface area (Å²) < 4.78 is 3.10. The third-order valence-electron chi connectivity index (χ3n) is 1.85. The predicted molar refractivity (Wildman–Crippen MR) is 65.3 cm³/mol. The molecule has 0 aliphatic rings. The number of pyridine rings is 1. The van der Waals surface area contributed by atoms with Gasteiger partial charge < -0.3 is 5.73 Å². The van der Waals surface area contributed by atoms with Gasteiger partial charge in [-0.3, -0.25) is 4.79 Å². The van der Waals surface area contributed by atoms with E-state index in [1.807, 2.05) is 6.07 Å². The maximum Gasteiger partial charge on any atom is 0.269 e. The molecule has 0 saturated heterocycles. The van der Waals surface area contributed by atoms with Crippen molar-refractivity contribution in [3.05, 3.63) is 39.2 Å². The maximum atomic E-state index is 10.9. The second kappa shape index (κ2) is 4.34. The molecule has 0 saturated carbocycles. The summed E-state index contributed by atoms with van der Waals surface area (Å²) in [6.07, 6.45) is 3.27. The molecule has 2 aromatic heterocycles. The molecule has 0 aliphatic heterocycles. The Kier molecular flexibility index (Phi) is 3.06. The Morgan fingerprint density at radius 1 is 1.44 bits per heavy atom. The van der Waals surface area contributed by atoms with Crippen molar-refractivity contribution in [2.75, 3.05) is 0 Å². The van der Waals surface area contributed by atoms with E-state index in [1.54, 1.807) is 18.5 Å². The van der Waals surface area contributed by atoms with Gasteiger partial charge >= 0.3 is 0 Å². The summed E-state index contributed by atoms with van der Waals surface area (Å²) in [4.78, 5) is 15.1. The quantitative estimate of drug-likeness (QED) is 0.903. The Bertz CT molecular complexity index is 552. The van der Waals surface area contributed by atoms with Gasteiger partial charge in [0.15, 0.2) is 5.82 Å². The van der Waals surface area contributed by atoms with Crippen molar-refractivity contribution >= 4 is 37.8 Å². The summed E-state index contributed by atoms with van der Waals surface area (Å²) in [5.74, 6) is 0.0303. The summed E-state index contributed by atoms with van der Waals surface area (Å²) in [5, 5.41) is 4.00. The molecule has 2 heterocycles. The van der Waals surface area contributed by atoms with E-state index in [4.69, 9.17) is 5.73 Å². The highest BCUT2D eigenvalue weighted by Gasteiger charge is 2.09. The van der Waals surface area contributed by atoms with Crippen LogP contribution < -0.4 is 5.73 Å². The molecular formula is C9H6Br2N4O. The first kappa shape index (κ1) is 11.3. The lowest BCUT2D eigenvalue weighted by Crippen LogP contribution is -2.12. The molecule has 7 heteroatoms. The molecule has 1 amide bonds. The lowest BCUT2D eigenvalue weighted by molar-refractivity contribution is 0.0995. The molecular weight excluding hydrogens is 340 g/mol. The number of amides is 1. The largest absolute Gasteiger partial charge is 0.364 e. The van der Waals surface area contributed by atoms with E-state index >= 15 is 0 Å². The van der Waals surface area contributed by atoms with E-state index in [0.29, 0.717) is 5.82 Å². The van der Waals surface area contributed by atoms with Crippen molar-refractivity contribution < 1.29 is 4.79 Å². The molecule has 0 aromatic carbocycles. The van der Waals surface area contributed by atoms with Gasteiger partial charge in [-0.1, -0.05) is 0 Å². The van der Waals surface area contributed by atoms with Crippen LogP contribution in [-0.2, 0) is 0 Å². The number of halogens is 2. The van der Waals surface area contributed by atoms with Crippen molar-refractivity contribution in [1.29, 1.82) is 0 Å². The van der Waals surface area contributed by atoms with Crippen LogP contribution in [0.15, 0.2) is 33.5 Å². The highest BCUT2D eigenvalue weighted by Crippen LogP contribution is 2.22. The fourth-order valence-corrected chi connectivity index (χ4v) is 2.32. The number of hydrogen-bond acceptors (Lipinski definition) is 3. The van der Waals surface area contributed by atoms with Crippen LogP contribution in [0.1, 0.15) is 10.5 Å². The molecule has 0 radical (unpaired) electrons. The Hall–Kier alpha value is -1.21. The van der Waals surface area contributed by atoms with Crippen LogP contribution in [0.4, 0.5) is 0 Å². The number of aromatic nitrogens is 3. The first-order chi connectivity index (χ1) is 7.58. The smallest absolute Gasteiger partial charge is 0.269 e. The molecule has 82 valence electrons. The molecule has 0 fully saturated rings. The summed E-state index contributed by atoms with van der Waals surface area (Å²) in [6.45, 7) is 0. The van der Waals surface area contributed by atoms with Gasteiger partial charge in [0, 0.05) is 16.9 Å². The molecule has 2 N–H and O–H groups in total. The molecule has 0 unspecified atom stereocenters. The highest BCUT2D eigenvalue weighted by atomic mass is 79.9. The maximum absolute atomic E-state index is 10.9. The van der Waals surface area contributed by atoms with Crippen LogP contribution in [0.5, 0.6) is 0 Å². The van der Waals surface area contributed by atoms with Crippen LogP contribution in [-0.4, -0.2) is 20.7 Å². The number of rotatable bonds is 2. The normalized spacial score (nSPS) is 10.4. The average molecular weight is 346 g/mol. The second-order valence-corrected chi connectivity index (χ2v) is 4.74. The number of hydrogen-bond donors (Lipinski definition) is 1. The second-order valence-electron chi connectivity index (χ2n) is 2.97. The first-order valence-electron chi connectivity index (χ1n) is 4.25. The molecule has 0 atom stereocenters. The van der Waals surface area contributed by atoms with Crippen molar-refractivity contribution in [1.82, 2.24) is 14.8 Å². The Labute approximate surface area is 108 Å². The van der Waals surface area contributed by atoms with Crippen molar-refractivity contribution in [3.8, 4) is 5.82 Å². The first-order valence-corrected chi connectivity index (χ1v) is 5.83. The standard InChI is InChI=1S/C9H6Br2N4O/c10-5-3-6(11)9(13-4-5)15-2-1-7(14-15)8(12)16/h1-4H,(H2,12,16). The van der Waals surface area contributed by atoms with Crippen LogP contribution in [0.3, 0.4) is 0 Å². The zero-order valence-electron chi connectivity index (χ0n) is 7.89. The van der Waals surface area contributed by atoms with Crippen molar-refractivity contribution in [2.45, 2.75) is 0 Å².